The molecule has 1 aromatic carbocycles. The van der Waals surface area contributed by atoms with Gasteiger partial charge in [0.25, 0.3) is 0 Å². The second kappa shape index (κ2) is 5.42. The SMILES string of the molecule is NC(CSC(F)(F)F)Cc1ccccc1. The van der Waals surface area contributed by atoms with Gasteiger partial charge in [0, 0.05) is 11.8 Å². The molecule has 1 atom stereocenters. The van der Waals surface area contributed by atoms with Gasteiger partial charge in [0.2, 0.25) is 0 Å². The van der Waals surface area contributed by atoms with Crippen LogP contribution in [0, 0.1) is 0 Å². The van der Waals surface area contributed by atoms with Gasteiger partial charge in [-0.05, 0) is 23.7 Å². The van der Waals surface area contributed by atoms with Gasteiger partial charge in [-0.1, -0.05) is 30.3 Å². The lowest BCUT2D eigenvalue weighted by atomic mass is 10.1. The first kappa shape index (κ1) is 12.4. The molecule has 0 saturated heterocycles. The summed E-state index contributed by atoms with van der Waals surface area (Å²) in [5, 5.41) is 0. The van der Waals surface area contributed by atoms with E-state index in [0.29, 0.717) is 6.42 Å². The predicted octanol–water partition coefficient (Wildman–Crippen LogP) is 2.81. The first-order chi connectivity index (χ1) is 6.97. The van der Waals surface area contributed by atoms with E-state index in [9.17, 15) is 13.2 Å². The third kappa shape index (κ3) is 5.69. The quantitative estimate of drug-likeness (QED) is 0.868. The number of halogens is 3. The number of hydrogen-bond donors (Lipinski definition) is 1. The van der Waals surface area contributed by atoms with Crippen molar-refractivity contribution in [2.24, 2.45) is 5.73 Å². The van der Waals surface area contributed by atoms with Gasteiger partial charge in [0.1, 0.15) is 0 Å². The number of thioether (sulfide) groups is 1. The lowest BCUT2D eigenvalue weighted by Crippen LogP contribution is -2.27. The average molecular weight is 235 g/mol. The molecule has 15 heavy (non-hydrogen) atoms. The Bertz CT molecular complexity index is 286. The summed E-state index contributed by atoms with van der Waals surface area (Å²) in [7, 11) is 0. The fraction of sp³-hybridized carbons (Fsp3) is 0.400. The highest BCUT2D eigenvalue weighted by Gasteiger charge is 2.28. The van der Waals surface area contributed by atoms with E-state index in [2.05, 4.69) is 0 Å². The molecule has 84 valence electrons. The van der Waals surface area contributed by atoms with Crippen LogP contribution in [0.5, 0.6) is 0 Å². The Balaban J connectivity index is 2.34. The zero-order valence-electron chi connectivity index (χ0n) is 8.00. The topological polar surface area (TPSA) is 26.0 Å². The number of rotatable bonds is 4. The summed E-state index contributed by atoms with van der Waals surface area (Å²) in [5.74, 6) is -0.0988. The van der Waals surface area contributed by atoms with Crippen LogP contribution >= 0.6 is 11.8 Å². The molecular formula is C10H12F3NS. The van der Waals surface area contributed by atoms with Crippen LogP contribution in [0.3, 0.4) is 0 Å². The normalized spacial score (nSPS) is 13.9. The molecule has 0 radical (unpaired) electrons. The lowest BCUT2D eigenvalue weighted by Gasteiger charge is -2.12. The van der Waals surface area contributed by atoms with Crippen LogP contribution in [0.15, 0.2) is 30.3 Å². The summed E-state index contributed by atoms with van der Waals surface area (Å²) in [6.45, 7) is 0. The summed E-state index contributed by atoms with van der Waals surface area (Å²) >= 11 is -0.0641. The Labute approximate surface area is 90.9 Å². The smallest absolute Gasteiger partial charge is 0.327 e. The van der Waals surface area contributed by atoms with E-state index in [1.54, 1.807) is 0 Å². The van der Waals surface area contributed by atoms with Crippen LogP contribution in [0.4, 0.5) is 13.2 Å². The second-order valence-corrected chi connectivity index (χ2v) is 4.29. The molecule has 0 fully saturated rings. The largest absolute Gasteiger partial charge is 0.441 e. The van der Waals surface area contributed by atoms with Crippen molar-refractivity contribution in [2.75, 3.05) is 5.75 Å². The molecule has 1 nitrogen and oxygen atoms in total. The first-order valence-corrected chi connectivity index (χ1v) is 5.46. The molecular weight excluding hydrogens is 223 g/mol. The molecule has 1 rings (SSSR count). The zero-order chi connectivity index (χ0) is 11.3. The summed E-state index contributed by atoms with van der Waals surface area (Å²) in [4.78, 5) is 0. The molecule has 0 aliphatic carbocycles. The number of alkyl halides is 3. The van der Waals surface area contributed by atoms with Gasteiger partial charge in [-0.2, -0.15) is 13.2 Å². The van der Waals surface area contributed by atoms with Gasteiger partial charge >= 0.3 is 5.51 Å². The fourth-order valence-electron chi connectivity index (χ4n) is 1.18. The van der Waals surface area contributed by atoms with Crippen molar-refractivity contribution < 1.29 is 13.2 Å². The Morgan fingerprint density at radius 3 is 2.33 bits per heavy atom. The minimum atomic E-state index is -4.19. The zero-order valence-corrected chi connectivity index (χ0v) is 8.81. The predicted molar refractivity (Wildman–Crippen MR) is 56.6 cm³/mol. The third-order valence-electron chi connectivity index (χ3n) is 1.80. The van der Waals surface area contributed by atoms with E-state index in [1.807, 2.05) is 30.3 Å². The number of benzene rings is 1. The maximum atomic E-state index is 11.9. The van der Waals surface area contributed by atoms with Gasteiger partial charge < -0.3 is 5.73 Å². The van der Waals surface area contributed by atoms with Gasteiger partial charge in [0.05, 0.1) is 0 Å². The third-order valence-corrected chi connectivity index (χ3v) is 2.72. The van der Waals surface area contributed by atoms with E-state index >= 15 is 0 Å². The summed E-state index contributed by atoms with van der Waals surface area (Å²) in [6, 6.07) is 8.81. The molecule has 0 aliphatic heterocycles. The van der Waals surface area contributed by atoms with Crippen molar-refractivity contribution >= 4 is 11.8 Å². The van der Waals surface area contributed by atoms with E-state index in [0.717, 1.165) is 5.56 Å². The molecule has 5 heteroatoms. The summed E-state index contributed by atoms with van der Waals surface area (Å²) < 4.78 is 35.6. The fourth-order valence-corrected chi connectivity index (χ4v) is 1.70. The van der Waals surface area contributed by atoms with E-state index < -0.39 is 11.6 Å². The van der Waals surface area contributed by atoms with Crippen LogP contribution in [0.25, 0.3) is 0 Å². The minimum Gasteiger partial charge on any atom is -0.327 e. The van der Waals surface area contributed by atoms with Crippen LogP contribution in [-0.4, -0.2) is 17.3 Å². The monoisotopic (exact) mass is 235 g/mol. The highest BCUT2D eigenvalue weighted by atomic mass is 32.2. The molecule has 0 saturated carbocycles. The molecule has 2 N–H and O–H groups in total. The average Bonchev–Trinajstić information content (AvgIpc) is 2.15. The Morgan fingerprint density at radius 2 is 1.80 bits per heavy atom. The van der Waals surface area contributed by atoms with Crippen molar-refractivity contribution in [3.05, 3.63) is 35.9 Å². The Kier molecular flexibility index (Phi) is 4.47. The number of nitrogens with two attached hydrogens (primary N) is 1. The van der Waals surface area contributed by atoms with Gasteiger partial charge in [-0.15, -0.1) is 0 Å². The Morgan fingerprint density at radius 1 is 1.20 bits per heavy atom. The van der Waals surface area contributed by atoms with E-state index in [-0.39, 0.29) is 17.5 Å². The molecule has 0 bridgehead atoms. The van der Waals surface area contributed by atoms with Gasteiger partial charge in [-0.3, -0.25) is 0 Å². The van der Waals surface area contributed by atoms with Crippen molar-refractivity contribution in [1.29, 1.82) is 0 Å². The van der Waals surface area contributed by atoms with Crippen LogP contribution < -0.4 is 5.73 Å². The van der Waals surface area contributed by atoms with Crippen LogP contribution in [0.1, 0.15) is 5.56 Å². The highest BCUT2D eigenvalue weighted by Crippen LogP contribution is 2.30. The standard InChI is InChI=1S/C10H12F3NS/c11-10(12,13)15-7-9(14)6-8-4-2-1-3-5-8/h1-5,9H,6-7,14H2. The maximum Gasteiger partial charge on any atom is 0.441 e. The molecule has 0 heterocycles. The van der Waals surface area contributed by atoms with Crippen molar-refractivity contribution in [3.63, 3.8) is 0 Å². The number of hydrogen-bond acceptors (Lipinski definition) is 2. The van der Waals surface area contributed by atoms with Crippen molar-refractivity contribution in [1.82, 2.24) is 0 Å². The molecule has 0 spiro atoms. The highest BCUT2D eigenvalue weighted by molar-refractivity contribution is 8.00. The van der Waals surface area contributed by atoms with Crippen molar-refractivity contribution in [2.45, 2.75) is 18.0 Å². The first-order valence-electron chi connectivity index (χ1n) is 4.47. The van der Waals surface area contributed by atoms with E-state index in [4.69, 9.17) is 5.73 Å². The van der Waals surface area contributed by atoms with E-state index in [1.165, 1.54) is 0 Å². The lowest BCUT2D eigenvalue weighted by molar-refractivity contribution is -0.0328. The van der Waals surface area contributed by atoms with Gasteiger partial charge in [0.15, 0.2) is 0 Å². The molecule has 1 unspecified atom stereocenters. The van der Waals surface area contributed by atoms with Crippen LogP contribution in [0.2, 0.25) is 0 Å². The van der Waals surface area contributed by atoms with Crippen molar-refractivity contribution in [3.8, 4) is 0 Å². The minimum absolute atomic E-state index is 0.0641. The molecule has 0 aromatic heterocycles. The molecule has 0 amide bonds. The molecule has 1 aromatic rings. The maximum absolute atomic E-state index is 11.9. The summed E-state index contributed by atoms with van der Waals surface area (Å²) in [5.41, 5.74) is 2.37. The van der Waals surface area contributed by atoms with Crippen LogP contribution in [-0.2, 0) is 6.42 Å². The summed E-state index contributed by atoms with van der Waals surface area (Å²) in [6.07, 6.45) is 0.476. The molecule has 0 aliphatic rings. The van der Waals surface area contributed by atoms with Gasteiger partial charge in [-0.25, -0.2) is 0 Å². The second-order valence-electron chi connectivity index (χ2n) is 3.21. The Hall–Kier alpha value is -0.680.